The van der Waals surface area contributed by atoms with E-state index in [0.29, 0.717) is 6.42 Å². The summed E-state index contributed by atoms with van der Waals surface area (Å²) in [6, 6.07) is 12.6. The molecule has 0 saturated heterocycles. The van der Waals surface area contributed by atoms with E-state index in [-0.39, 0.29) is 5.78 Å². The van der Waals surface area contributed by atoms with Crippen molar-refractivity contribution < 1.29 is 4.79 Å². The third-order valence-electron chi connectivity index (χ3n) is 3.76. The summed E-state index contributed by atoms with van der Waals surface area (Å²) in [7, 11) is 0. The lowest BCUT2D eigenvalue weighted by Gasteiger charge is -2.11. The lowest BCUT2D eigenvalue weighted by molar-refractivity contribution is 0.0994. The first-order chi connectivity index (χ1) is 8.66. The zero-order valence-corrected chi connectivity index (χ0v) is 10.8. The molecule has 0 fully saturated rings. The van der Waals surface area contributed by atoms with Crippen LogP contribution in [-0.4, -0.2) is 5.78 Å². The van der Waals surface area contributed by atoms with E-state index in [4.69, 9.17) is 0 Å². The number of fused-ring (bicyclic) bond motifs is 1. The van der Waals surface area contributed by atoms with Crippen molar-refractivity contribution in [2.45, 2.75) is 26.7 Å². The van der Waals surface area contributed by atoms with Gasteiger partial charge >= 0.3 is 0 Å². The van der Waals surface area contributed by atoms with Crippen molar-refractivity contribution >= 4 is 5.78 Å². The molecule has 0 aliphatic heterocycles. The Balaban J connectivity index is 2.25. The Morgan fingerprint density at radius 1 is 0.889 bits per heavy atom. The number of hydrogen-bond donors (Lipinski definition) is 0. The summed E-state index contributed by atoms with van der Waals surface area (Å²) in [4.78, 5) is 11.8. The predicted octanol–water partition coefficient (Wildman–Crippen LogP) is 4.10. The molecule has 0 unspecified atom stereocenters. The highest BCUT2D eigenvalue weighted by Gasteiger charge is 2.22. The Bertz CT molecular complexity index is 638. The molecule has 0 saturated carbocycles. The molecular formula is C17H16O. The molecule has 0 spiro atoms. The molecule has 0 bridgehead atoms. The molecule has 1 nitrogen and oxygen atoms in total. The van der Waals surface area contributed by atoms with Gasteiger partial charge in [0.05, 0.1) is 0 Å². The van der Waals surface area contributed by atoms with Gasteiger partial charge < -0.3 is 0 Å². The van der Waals surface area contributed by atoms with Gasteiger partial charge in [-0.1, -0.05) is 42.0 Å². The number of benzene rings is 2. The summed E-state index contributed by atoms with van der Waals surface area (Å²) in [5, 5.41) is 0. The van der Waals surface area contributed by atoms with Crippen LogP contribution in [0.5, 0.6) is 0 Å². The van der Waals surface area contributed by atoms with Crippen LogP contribution in [0.15, 0.2) is 36.4 Å². The molecular weight excluding hydrogens is 220 g/mol. The summed E-state index contributed by atoms with van der Waals surface area (Å²) < 4.78 is 0. The van der Waals surface area contributed by atoms with Gasteiger partial charge in [0.1, 0.15) is 0 Å². The lowest BCUT2D eigenvalue weighted by atomic mass is 9.93. The van der Waals surface area contributed by atoms with Crippen LogP contribution in [0.2, 0.25) is 0 Å². The maximum absolute atomic E-state index is 11.8. The maximum Gasteiger partial charge on any atom is 0.163 e. The van der Waals surface area contributed by atoms with Crippen LogP contribution in [0, 0.1) is 13.8 Å². The van der Waals surface area contributed by atoms with Crippen molar-refractivity contribution in [3.8, 4) is 11.1 Å². The number of carbonyl (C=O) groups excluding carboxylic acids is 1. The van der Waals surface area contributed by atoms with Gasteiger partial charge in [-0.05, 0) is 42.5 Å². The van der Waals surface area contributed by atoms with E-state index in [2.05, 4.69) is 38.1 Å². The van der Waals surface area contributed by atoms with Crippen LogP contribution in [-0.2, 0) is 6.42 Å². The van der Waals surface area contributed by atoms with Crippen LogP contribution in [0.4, 0.5) is 0 Å². The number of Topliss-reactive ketones (excluding diaryl/α,β-unsaturated/α-hetero) is 1. The van der Waals surface area contributed by atoms with E-state index in [1.807, 2.05) is 12.1 Å². The topological polar surface area (TPSA) is 17.1 Å². The van der Waals surface area contributed by atoms with Gasteiger partial charge in [-0.25, -0.2) is 0 Å². The van der Waals surface area contributed by atoms with Gasteiger partial charge in [-0.3, -0.25) is 4.79 Å². The largest absolute Gasteiger partial charge is 0.294 e. The SMILES string of the molecule is Cc1ccc(C)c(-c2cccc3c2CCC3=O)c1. The number of hydrogen-bond acceptors (Lipinski definition) is 1. The van der Waals surface area contributed by atoms with Crippen molar-refractivity contribution in [1.82, 2.24) is 0 Å². The van der Waals surface area contributed by atoms with Crippen LogP contribution in [0.3, 0.4) is 0 Å². The molecule has 18 heavy (non-hydrogen) atoms. The molecule has 0 amide bonds. The summed E-state index contributed by atoms with van der Waals surface area (Å²) >= 11 is 0. The Hall–Kier alpha value is -1.89. The second-order valence-corrected chi connectivity index (χ2v) is 5.07. The number of carbonyl (C=O) groups is 1. The van der Waals surface area contributed by atoms with E-state index in [0.717, 1.165) is 12.0 Å². The van der Waals surface area contributed by atoms with E-state index in [1.165, 1.54) is 27.8 Å². The fraction of sp³-hybridized carbons (Fsp3) is 0.235. The van der Waals surface area contributed by atoms with Crippen molar-refractivity contribution in [1.29, 1.82) is 0 Å². The minimum absolute atomic E-state index is 0.289. The molecule has 1 heteroatoms. The van der Waals surface area contributed by atoms with Crippen molar-refractivity contribution in [2.75, 3.05) is 0 Å². The van der Waals surface area contributed by atoms with E-state index in [1.54, 1.807) is 0 Å². The first-order valence-electron chi connectivity index (χ1n) is 6.39. The Morgan fingerprint density at radius 3 is 2.50 bits per heavy atom. The van der Waals surface area contributed by atoms with Gasteiger partial charge in [0, 0.05) is 12.0 Å². The third-order valence-corrected chi connectivity index (χ3v) is 3.76. The van der Waals surface area contributed by atoms with Crippen molar-refractivity contribution in [3.63, 3.8) is 0 Å². The molecule has 90 valence electrons. The monoisotopic (exact) mass is 236 g/mol. The maximum atomic E-state index is 11.8. The van der Waals surface area contributed by atoms with Gasteiger partial charge in [0.15, 0.2) is 5.78 Å². The molecule has 1 aliphatic carbocycles. The summed E-state index contributed by atoms with van der Waals surface area (Å²) in [5.41, 5.74) is 7.19. The Kier molecular flexibility index (Phi) is 2.55. The first kappa shape index (κ1) is 11.2. The van der Waals surface area contributed by atoms with E-state index >= 15 is 0 Å². The number of ketones is 1. The van der Waals surface area contributed by atoms with Gasteiger partial charge in [-0.15, -0.1) is 0 Å². The highest BCUT2D eigenvalue weighted by Crippen LogP contribution is 2.34. The quantitative estimate of drug-likeness (QED) is 0.728. The molecule has 0 radical (unpaired) electrons. The normalized spacial score (nSPS) is 13.8. The number of rotatable bonds is 1. The fourth-order valence-electron chi connectivity index (χ4n) is 2.77. The molecule has 2 aromatic carbocycles. The van der Waals surface area contributed by atoms with Crippen LogP contribution in [0.25, 0.3) is 11.1 Å². The van der Waals surface area contributed by atoms with Gasteiger partial charge in [-0.2, -0.15) is 0 Å². The molecule has 0 N–H and O–H groups in total. The van der Waals surface area contributed by atoms with Crippen LogP contribution >= 0.6 is 0 Å². The predicted molar refractivity (Wildman–Crippen MR) is 74.0 cm³/mol. The van der Waals surface area contributed by atoms with Gasteiger partial charge in [0.2, 0.25) is 0 Å². The van der Waals surface area contributed by atoms with E-state index < -0.39 is 0 Å². The van der Waals surface area contributed by atoms with Crippen molar-refractivity contribution in [3.05, 3.63) is 58.7 Å². The molecule has 3 rings (SSSR count). The van der Waals surface area contributed by atoms with Crippen molar-refractivity contribution in [2.24, 2.45) is 0 Å². The minimum Gasteiger partial charge on any atom is -0.294 e. The second-order valence-electron chi connectivity index (χ2n) is 5.07. The summed E-state index contributed by atoms with van der Waals surface area (Å²) in [6.07, 6.45) is 1.55. The fourth-order valence-corrected chi connectivity index (χ4v) is 2.77. The lowest BCUT2D eigenvalue weighted by Crippen LogP contribution is -1.93. The summed E-state index contributed by atoms with van der Waals surface area (Å²) in [5.74, 6) is 0.289. The van der Waals surface area contributed by atoms with Crippen LogP contribution in [0.1, 0.15) is 33.5 Å². The zero-order valence-electron chi connectivity index (χ0n) is 10.8. The smallest absolute Gasteiger partial charge is 0.163 e. The summed E-state index contributed by atoms with van der Waals surface area (Å²) in [6.45, 7) is 4.24. The standard InChI is InChI=1S/C17H16O/c1-11-6-7-12(2)16(10-11)13-4-3-5-15-14(13)8-9-17(15)18/h3-7,10H,8-9H2,1-2H3. The van der Waals surface area contributed by atoms with Crippen LogP contribution < -0.4 is 0 Å². The average Bonchev–Trinajstić information content (AvgIpc) is 2.75. The Labute approximate surface area is 107 Å². The molecule has 0 atom stereocenters. The molecule has 0 heterocycles. The second kappa shape index (κ2) is 4.09. The zero-order chi connectivity index (χ0) is 12.7. The Morgan fingerprint density at radius 2 is 1.67 bits per heavy atom. The number of aryl methyl sites for hydroxylation is 2. The highest BCUT2D eigenvalue weighted by atomic mass is 16.1. The minimum atomic E-state index is 0.289. The molecule has 0 aromatic heterocycles. The first-order valence-corrected chi connectivity index (χ1v) is 6.39. The highest BCUT2D eigenvalue weighted by molar-refractivity contribution is 6.02. The average molecular weight is 236 g/mol. The van der Waals surface area contributed by atoms with Gasteiger partial charge in [0.25, 0.3) is 0 Å². The molecule has 1 aliphatic rings. The molecule has 2 aromatic rings. The van der Waals surface area contributed by atoms with E-state index in [9.17, 15) is 4.79 Å². The third kappa shape index (κ3) is 1.67.